The molecule has 0 atom stereocenters. The lowest BCUT2D eigenvalue weighted by atomic mass is 10.1. The molecule has 0 aliphatic heterocycles. The maximum atomic E-state index is 10.6. The molecule has 0 radical (unpaired) electrons. The van der Waals surface area contributed by atoms with Crippen LogP contribution in [0.15, 0.2) is 24.3 Å². The van der Waals surface area contributed by atoms with Crippen LogP contribution in [-0.2, 0) is 9.53 Å². The van der Waals surface area contributed by atoms with Crippen LogP contribution in [0.2, 0.25) is 0 Å². The zero-order chi connectivity index (χ0) is 15.7. The highest BCUT2D eigenvalue weighted by atomic mass is 16.5. The van der Waals surface area contributed by atoms with Crippen molar-refractivity contribution in [2.24, 2.45) is 5.92 Å². The summed E-state index contributed by atoms with van der Waals surface area (Å²) in [4.78, 5) is 10.6. The van der Waals surface area contributed by atoms with Gasteiger partial charge in [0.15, 0.2) is 0 Å². The van der Waals surface area contributed by atoms with Gasteiger partial charge < -0.3 is 14.6 Å². The highest BCUT2D eigenvalue weighted by molar-refractivity contribution is 5.85. The van der Waals surface area contributed by atoms with Crippen molar-refractivity contribution in [1.82, 2.24) is 0 Å². The second-order valence-corrected chi connectivity index (χ2v) is 5.36. The highest BCUT2D eigenvalue weighted by Crippen LogP contribution is 2.21. The van der Waals surface area contributed by atoms with Crippen molar-refractivity contribution in [3.63, 3.8) is 0 Å². The van der Waals surface area contributed by atoms with Gasteiger partial charge in [0.2, 0.25) is 0 Å². The Morgan fingerprint density at radius 2 is 2.05 bits per heavy atom. The summed E-state index contributed by atoms with van der Waals surface area (Å²) in [7, 11) is 0. The van der Waals surface area contributed by atoms with E-state index < -0.39 is 5.97 Å². The van der Waals surface area contributed by atoms with Crippen molar-refractivity contribution in [2.75, 3.05) is 19.8 Å². The van der Waals surface area contributed by atoms with Gasteiger partial charge in [-0.3, -0.25) is 0 Å². The van der Waals surface area contributed by atoms with E-state index in [-0.39, 0.29) is 0 Å². The molecule has 1 aromatic carbocycles. The van der Waals surface area contributed by atoms with Crippen LogP contribution in [0, 0.1) is 12.8 Å². The third kappa shape index (κ3) is 7.51. The van der Waals surface area contributed by atoms with Gasteiger partial charge >= 0.3 is 5.97 Å². The quantitative estimate of drug-likeness (QED) is 0.559. The third-order valence-electron chi connectivity index (χ3n) is 2.90. The Hall–Kier alpha value is -1.81. The topological polar surface area (TPSA) is 55.8 Å². The summed E-state index contributed by atoms with van der Waals surface area (Å²) in [5, 5.41) is 8.71. The SMILES string of the molecule is Cc1ccc(OCCOCCC(C)C)c(C=CC(=O)O)c1. The molecule has 4 heteroatoms. The summed E-state index contributed by atoms with van der Waals surface area (Å²) in [6, 6.07) is 5.69. The largest absolute Gasteiger partial charge is 0.491 e. The second-order valence-electron chi connectivity index (χ2n) is 5.36. The summed E-state index contributed by atoms with van der Waals surface area (Å²) < 4.78 is 11.2. The molecule has 1 rings (SSSR count). The van der Waals surface area contributed by atoms with Gasteiger partial charge in [0.25, 0.3) is 0 Å². The van der Waals surface area contributed by atoms with Crippen molar-refractivity contribution in [2.45, 2.75) is 27.2 Å². The first-order chi connectivity index (χ1) is 9.99. The molecule has 0 aliphatic carbocycles. The summed E-state index contributed by atoms with van der Waals surface area (Å²) in [5.74, 6) is 0.334. The number of hydrogen-bond donors (Lipinski definition) is 1. The molecule has 0 aliphatic rings. The average molecular weight is 292 g/mol. The predicted octanol–water partition coefficient (Wildman–Crippen LogP) is 3.53. The van der Waals surface area contributed by atoms with Crippen LogP contribution in [0.4, 0.5) is 0 Å². The number of benzene rings is 1. The fourth-order valence-corrected chi connectivity index (χ4v) is 1.72. The number of carboxylic acid groups (broad SMARTS) is 1. The van der Waals surface area contributed by atoms with Gasteiger partial charge in [0.1, 0.15) is 12.4 Å². The van der Waals surface area contributed by atoms with E-state index in [2.05, 4.69) is 13.8 Å². The number of ether oxygens (including phenoxy) is 2. The predicted molar refractivity (Wildman–Crippen MR) is 83.6 cm³/mol. The lowest BCUT2D eigenvalue weighted by molar-refractivity contribution is -0.131. The lowest BCUT2D eigenvalue weighted by Gasteiger charge is -2.11. The maximum Gasteiger partial charge on any atom is 0.328 e. The van der Waals surface area contributed by atoms with Crippen molar-refractivity contribution in [1.29, 1.82) is 0 Å². The maximum absolute atomic E-state index is 10.6. The van der Waals surface area contributed by atoms with Crippen molar-refractivity contribution < 1.29 is 19.4 Å². The van der Waals surface area contributed by atoms with Gasteiger partial charge in [0, 0.05) is 18.2 Å². The van der Waals surface area contributed by atoms with Gasteiger partial charge in [-0.15, -0.1) is 0 Å². The van der Waals surface area contributed by atoms with Crippen molar-refractivity contribution in [3.8, 4) is 5.75 Å². The van der Waals surface area contributed by atoms with E-state index >= 15 is 0 Å². The molecule has 1 N–H and O–H groups in total. The van der Waals surface area contributed by atoms with E-state index in [9.17, 15) is 4.79 Å². The number of aliphatic carboxylic acids is 1. The summed E-state index contributed by atoms with van der Waals surface area (Å²) in [5.41, 5.74) is 1.82. The first-order valence-corrected chi connectivity index (χ1v) is 7.21. The van der Waals surface area contributed by atoms with Crippen LogP contribution in [0.1, 0.15) is 31.4 Å². The Bertz CT molecular complexity index is 478. The van der Waals surface area contributed by atoms with Gasteiger partial charge in [0.05, 0.1) is 6.61 Å². The Labute approximate surface area is 126 Å². The molecule has 0 aromatic heterocycles. The molecule has 116 valence electrons. The molecule has 0 bridgehead atoms. The third-order valence-corrected chi connectivity index (χ3v) is 2.90. The minimum Gasteiger partial charge on any atom is -0.491 e. The molecule has 0 unspecified atom stereocenters. The lowest BCUT2D eigenvalue weighted by Crippen LogP contribution is -2.09. The molecule has 0 saturated carbocycles. The Kier molecular flexibility index (Phi) is 7.54. The van der Waals surface area contributed by atoms with E-state index in [0.29, 0.717) is 24.9 Å². The smallest absolute Gasteiger partial charge is 0.328 e. The normalized spacial score (nSPS) is 11.2. The molecule has 0 saturated heterocycles. The second kappa shape index (κ2) is 9.19. The number of carbonyl (C=O) groups is 1. The molecule has 0 spiro atoms. The zero-order valence-electron chi connectivity index (χ0n) is 13.0. The van der Waals surface area contributed by atoms with Crippen LogP contribution in [0.5, 0.6) is 5.75 Å². The summed E-state index contributed by atoms with van der Waals surface area (Å²) in [6.45, 7) is 8.00. The number of carboxylic acids is 1. The van der Waals surface area contributed by atoms with Crippen LogP contribution in [-0.4, -0.2) is 30.9 Å². The number of hydrogen-bond acceptors (Lipinski definition) is 3. The molecule has 0 fully saturated rings. The number of aryl methyl sites for hydroxylation is 1. The minimum atomic E-state index is -0.973. The first kappa shape index (κ1) is 17.2. The highest BCUT2D eigenvalue weighted by Gasteiger charge is 2.02. The van der Waals surface area contributed by atoms with Crippen LogP contribution in [0.25, 0.3) is 6.08 Å². The molecule has 21 heavy (non-hydrogen) atoms. The Balaban J connectivity index is 2.48. The van der Waals surface area contributed by atoms with Gasteiger partial charge in [-0.1, -0.05) is 25.5 Å². The Morgan fingerprint density at radius 1 is 1.29 bits per heavy atom. The molecular weight excluding hydrogens is 268 g/mol. The van der Waals surface area contributed by atoms with E-state index in [1.165, 1.54) is 0 Å². The van der Waals surface area contributed by atoms with Gasteiger partial charge in [-0.05, 0) is 37.5 Å². The van der Waals surface area contributed by atoms with Crippen LogP contribution in [0.3, 0.4) is 0 Å². The average Bonchev–Trinajstić information content (AvgIpc) is 2.41. The van der Waals surface area contributed by atoms with E-state index in [1.807, 2.05) is 25.1 Å². The van der Waals surface area contributed by atoms with E-state index in [4.69, 9.17) is 14.6 Å². The Morgan fingerprint density at radius 3 is 2.71 bits per heavy atom. The number of rotatable bonds is 9. The monoisotopic (exact) mass is 292 g/mol. The van der Waals surface area contributed by atoms with E-state index in [0.717, 1.165) is 30.2 Å². The fraction of sp³-hybridized carbons (Fsp3) is 0.471. The minimum absolute atomic E-state index is 0.453. The molecule has 4 nitrogen and oxygen atoms in total. The van der Waals surface area contributed by atoms with Gasteiger partial charge in [-0.25, -0.2) is 4.79 Å². The molecule has 0 amide bonds. The van der Waals surface area contributed by atoms with Crippen molar-refractivity contribution >= 4 is 12.0 Å². The molecule has 1 aromatic rings. The molecule has 0 heterocycles. The summed E-state index contributed by atoms with van der Waals surface area (Å²) in [6.07, 6.45) is 3.70. The van der Waals surface area contributed by atoms with Crippen LogP contribution >= 0.6 is 0 Å². The van der Waals surface area contributed by atoms with Crippen molar-refractivity contribution in [3.05, 3.63) is 35.4 Å². The first-order valence-electron chi connectivity index (χ1n) is 7.21. The van der Waals surface area contributed by atoms with Crippen LogP contribution < -0.4 is 4.74 Å². The molecular formula is C17H24O4. The standard InChI is InChI=1S/C17H24O4/c1-13(2)8-9-20-10-11-21-16-6-4-14(3)12-15(16)5-7-17(18)19/h4-7,12-13H,8-11H2,1-3H3,(H,18,19). The fourth-order valence-electron chi connectivity index (χ4n) is 1.72. The van der Waals surface area contributed by atoms with E-state index in [1.54, 1.807) is 6.08 Å². The summed E-state index contributed by atoms with van der Waals surface area (Å²) >= 11 is 0. The van der Waals surface area contributed by atoms with Gasteiger partial charge in [-0.2, -0.15) is 0 Å². The zero-order valence-corrected chi connectivity index (χ0v) is 13.0.